The fourth-order valence-corrected chi connectivity index (χ4v) is 5.56. The number of aliphatic hydroxyl groups excluding tert-OH is 1. The number of carbonyl (C=O) groups is 2. The van der Waals surface area contributed by atoms with E-state index in [-0.39, 0.29) is 24.0 Å². The Morgan fingerprint density at radius 1 is 1.04 bits per heavy atom. The number of aromatic carboxylic acids is 1. The SMILES string of the molecule is COCOc1cc(OCC[Si](C)(C)C)cc(/C=C/CC2OC(C)(C)OC2C(/C=C\[C@@H](C)[C@H](C)O)OC(=O)c2ccccc2)c1C(=O)O. The van der Waals surface area contributed by atoms with Crippen molar-refractivity contribution >= 4 is 26.1 Å². The molecule has 10 nitrogen and oxygen atoms in total. The number of benzene rings is 2. The molecule has 11 heteroatoms. The Morgan fingerprint density at radius 3 is 2.36 bits per heavy atom. The van der Waals surface area contributed by atoms with Crippen LogP contribution in [0, 0.1) is 5.92 Å². The number of aliphatic hydroxyl groups is 1. The number of esters is 1. The third-order valence-electron chi connectivity index (χ3n) is 7.60. The summed E-state index contributed by atoms with van der Waals surface area (Å²) in [5.74, 6) is -2.24. The van der Waals surface area contributed by atoms with Crippen molar-refractivity contribution in [3.05, 3.63) is 77.4 Å². The van der Waals surface area contributed by atoms with E-state index in [1.807, 2.05) is 13.0 Å². The van der Waals surface area contributed by atoms with Gasteiger partial charge in [-0.1, -0.05) is 63.0 Å². The molecule has 2 N–H and O–H groups in total. The van der Waals surface area contributed by atoms with E-state index in [0.717, 1.165) is 6.04 Å². The topological polar surface area (TPSA) is 130 Å². The summed E-state index contributed by atoms with van der Waals surface area (Å²) < 4.78 is 35.2. The van der Waals surface area contributed by atoms with Gasteiger partial charge in [-0.2, -0.15) is 0 Å². The summed E-state index contributed by atoms with van der Waals surface area (Å²) in [7, 11) is 0.101. The van der Waals surface area contributed by atoms with Crippen molar-refractivity contribution in [2.45, 2.75) is 90.0 Å². The van der Waals surface area contributed by atoms with Crippen LogP contribution in [0.2, 0.25) is 25.7 Å². The van der Waals surface area contributed by atoms with E-state index in [2.05, 4.69) is 19.6 Å². The summed E-state index contributed by atoms with van der Waals surface area (Å²) >= 11 is 0. The average molecular weight is 671 g/mol. The Labute approximate surface area is 279 Å². The Morgan fingerprint density at radius 2 is 1.74 bits per heavy atom. The molecular formula is C36H50O10Si. The lowest BCUT2D eigenvalue weighted by atomic mass is 9.99. The Kier molecular flexibility index (Phi) is 13.8. The molecule has 3 rings (SSSR count). The van der Waals surface area contributed by atoms with E-state index >= 15 is 0 Å². The first kappa shape index (κ1) is 38.0. The van der Waals surface area contributed by atoms with Gasteiger partial charge in [0.1, 0.15) is 29.3 Å². The predicted octanol–water partition coefficient (Wildman–Crippen LogP) is 6.81. The summed E-state index contributed by atoms with van der Waals surface area (Å²) in [6, 6.07) is 12.9. The second-order valence-corrected chi connectivity index (χ2v) is 19.0. The lowest BCUT2D eigenvalue weighted by Gasteiger charge is -2.25. The van der Waals surface area contributed by atoms with Crippen molar-refractivity contribution in [2.24, 2.45) is 5.92 Å². The van der Waals surface area contributed by atoms with Gasteiger partial charge >= 0.3 is 11.9 Å². The highest BCUT2D eigenvalue weighted by molar-refractivity contribution is 6.76. The van der Waals surface area contributed by atoms with Gasteiger partial charge in [-0.25, -0.2) is 9.59 Å². The van der Waals surface area contributed by atoms with Crippen LogP contribution >= 0.6 is 0 Å². The van der Waals surface area contributed by atoms with Crippen LogP contribution in [0.4, 0.5) is 0 Å². The minimum Gasteiger partial charge on any atom is -0.494 e. The first-order valence-corrected chi connectivity index (χ1v) is 19.6. The van der Waals surface area contributed by atoms with Crippen LogP contribution in [0.1, 0.15) is 60.4 Å². The Bertz CT molecular complexity index is 1380. The van der Waals surface area contributed by atoms with Gasteiger partial charge < -0.3 is 38.6 Å². The van der Waals surface area contributed by atoms with Crippen LogP contribution in [-0.4, -0.2) is 80.9 Å². The molecule has 1 aliphatic heterocycles. The number of hydrogen-bond donors (Lipinski definition) is 2. The molecule has 0 aromatic heterocycles. The van der Waals surface area contributed by atoms with Gasteiger partial charge in [0.25, 0.3) is 0 Å². The van der Waals surface area contributed by atoms with E-state index in [1.54, 1.807) is 81.5 Å². The Hall–Kier alpha value is -3.48. The molecule has 3 unspecified atom stereocenters. The molecule has 2 aromatic rings. The number of carboxylic acid groups (broad SMARTS) is 1. The van der Waals surface area contributed by atoms with Crippen molar-refractivity contribution < 1.29 is 48.2 Å². The monoisotopic (exact) mass is 670 g/mol. The third kappa shape index (κ3) is 11.9. The Balaban J connectivity index is 1.93. The molecule has 0 saturated carbocycles. The predicted molar refractivity (Wildman–Crippen MR) is 183 cm³/mol. The second kappa shape index (κ2) is 17.1. The molecule has 1 fully saturated rings. The van der Waals surface area contributed by atoms with Gasteiger partial charge in [0.15, 0.2) is 12.6 Å². The van der Waals surface area contributed by atoms with E-state index in [0.29, 0.717) is 29.9 Å². The van der Waals surface area contributed by atoms with Crippen molar-refractivity contribution in [1.82, 2.24) is 0 Å². The molecule has 0 aliphatic carbocycles. The van der Waals surface area contributed by atoms with Crippen LogP contribution in [0.25, 0.3) is 6.08 Å². The molecule has 0 radical (unpaired) electrons. The molecule has 1 saturated heterocycles. The second-order valence-electron chi connectivity index (χ2n) is 13.4. The van der Waals surface area contributed by atoms with Crippen LogP contribution in [0.5, 0.6) is 11.5 Å². The van der Waals surface area contributed by atoms with Crippen molar-refractivity contribution in [3.63, 3.8) is 0 Å². The molecule has 47 heavy (non-hydrogen) atoms. The minimum atomic E-state index is -1.36. The molecule has 0 amide bonds. The lowest BCUT2D eigenvalue weighted by Crippen LogP contribution is -2.37. The first-order valence-electron chi connectivity index (χ1n) is 15.9. The van der Waals surface area contributed by atoms with Gasteiger partial charge in [0.05, 0.1) is 24.4 Å². The normalized spacial score (nSPS) is 19.9. The van der Waals surface area contributed by atoms with Crippen molar-refractivity contribution in [3.8, 4) is 11.5 Å². The zero-order valence-corrected chi connectivity index (χ0v) is 29.7. The number of carboxylic acids is 1. The highest BCUT2D eigenvalue weighted by Crippen LogP contribution is 2.35. The van der Waals surface area contributed by atoms with E-state index in [1.165, 1.54) is 7.11 Å². The average Bonchev–Trinajstić information content (AvgIpc) is 3.31. The number of carbonyl (C=O) groups excluding carboxylic acids is 1. The zero-order valence-electron chi connectivity index (χ0n) is 28.7. The highest BCUT2D eigenvalue weighted by atomic mass is 28.3. The molecule has 258 valence electrons. The largest absolute Gasteiger partial charge is 0.494 e. The fraction of sp³-hybridized carbons (Fsp3) is 0.500. The van der Waals surface area contributed by atoms with Gasteiger partial charge in [-0.05, 0) is 69.0 Å². The van der Waals surface area contributed by atoms with Gasteiger partial charge in [0.2, 0.25) is 0 Å². The maximum atomic E-state index is 13.1. The van der Waals surface area contributed by atoms with E-state index in [9.17, 15) is 19.8 Å². The molecule has 0 bridgehead atoms. The first-order chi connectivity index (χ1) is 22.1. The zero-order chi connectivity index (χ0) is 34.8. The standard InChI is InChI=1S/C36H50O10Si/c1-24(25(2)37)17-18-29(44-35(40)26-13-10-9-11-14-26)33-30(45-36(3,4)46-33)16-12-15-27-21-28(42-19-20-47(6,7)8)22-31(43-23-41-5)32(27)34(38)39/h9-15,17-18,21-22,24-25,29-30,33,37H,16,19-20,23H2,1-8H3,(H,38,39)/b15-12+,18-17-/t24-,25+,29?,30?,33?/m1/s1. The summed E-state index contributed by atoms with van der Waals surface area (Å²) in [4.78, 5) is 25.5. The van der Waals surface area contributed by atoms with Gasteiger partial charge in [-0.3, -0.25) is 0 Å². The summed E-state index contributed by atoms with van der Waals surface area (Å²) in [5, 5.41) is 20.2. The third-order valence-corrected chi connectivity index (χ3v) is 9.31. The number of hydrogen-bond acceptors (Lipinski definition) is 9. The summed E-state index contributed by atoms with van der Waals surface area (Å²) in [6.45, 7) is 14.3. The molecule has 1 heterocycles. The van der Waals surface area contributed by atoms with Crippen LogP contribution < -0.4 is 9.47 Å². The van der Waals surface area contributed by atoms with Crippen LogP contribution in [-0.2, 0) is 18.9 Å². The summed E-state index contributed by atoms with van der Waals surface area (Å²) in [5.41, 5.74) is 0.756. The molecular weight excluding hydrogens is 620 g/mol. The molecule has 1 aliphatic rings. The van der Waals surface area contributed by atoms with Crippen molar-refractivity contribution in [1.29, 1.82) is 0 Å². The van der Waals surface area contributed by atoms with Crippen molar-refractivity contribution in [2.75, 3.05) is 20.5 Å². The number of rotatable bonds is 17. The smallest absolute Gasteiger partial charge is 0.340 e. The highest BCUT2D eigenvalue weighted by Gasteiger charge is 2.45. The fourth-order valence-electron chi connectivity index (χ4n) is 4.85. The molecule has 0 spiro atoms. The molecule has 2 aromatic carbocycles. The maximum Gasteiger partial charge on any atom is 0.340 e. The maximum absolute atomic E-state index is 13.1. The van der Waals surface area contributed by atoms with E-state index < -0.39 is 50.2 Å². The summed E-state index contributed by atoms with van der Waals surface area (Å²) in [6.07, 6.45) is 4.62. The number of ether oxygens (including phenoxy) is 6. The van der Waals surface area contributed by atoms with Crippen LogP contribution in [0.15, 0.2) is 60.7 Å². The lowest BCUT2D eigenvalue weighted by molar-refractivity contribution is -0.152. The number of methoxy groups -OCH3 is 1. The van der Waals surface area contributed by atoms with Crippen LogP contribution in [0.3, 0.4) is 0 Å². The molecule has 5 atom stereocenters. The quantitative estimate of drug-likeness (QED) is 0.0802. The van der Waals surface area contributed by atoms with Gasteiger partial charge in [-0.15, -0.1) is 0 Å². The van der Waals surface area contributed by atoms with E-state index in [4.69, 9.17) is 28.4 Å². The van der Waals surface area contributed by atoms with Gasteiger partial charge in [0, 0.05) is 21.3 Å². The minimum absolute atomic E-state index is 0.0268.